The normalized spacial score (nSPS) is 11.0. The molecular weight excluding hydrogens is 353 g/mol. The van der Waals surface area contributed by atoms with Crippen LogP contribution in [0.15, 0.2) is 41.1 Å². The fraction of sp³-hybridized carbons (Fsp3) is 0.0833. The fourth-order valence-electron chi connectivity index (χ4n) is 1.47. The van der Waals surface area contributed by atoms with Crippen LogP contribution in [0.4, 0.5) is 29.6 Å². The number of carbonyl (C=O) groups excluding carboxylic acids is 1. The van der Waals surface area contributed by atoms with Crippen molar-refractivity contribution in [3.63, 3.8) is 0 Å². The van der Waals surface area contributed by atoms with Gasteiger partial charge in [-0.25, -0.2) is 14.8 Å². The molecule has 0 atom stereocenters. The number of halogens is 4. The second kappa shape index (κ2) is 6.08. The molecule has 2 rings (SSSR count). The number of hydrogen-bond donors (Lipinski definition) is 2. The van der Waals surface area contributed by atoms with Gasteiger partial charge in [0, 0.05) is 12.4 Å². The summed E-state index contributed by atoms with van der Waals surface area (Å²) in [6.45, 7) is 0. The second-order valence-electron chi connectivity index (χ2n) is 3.85. The Labute approximate surface area is 125 Å². The Bertz CT molecular complexity index is 646. The average Bonchev–Trinajstić information content (AvgIpc) is 2.41. The Kier molecular flexibility index (Phi) is 4.41. The highest BCUT2D eigenvalue weighted by Gasteiger charge is 2.33. The molecule has 0 aliphatic carbocycles. The summed E-state index contributed by atoms with van der Waals surface area (Å²) < 4.78 is 38.9. The van der Waals surface area contributed by atoms with E-state index in [2.05, 4.69) is 36.5 Å². The minimum Gasteiger partial charge on any atom is -0.307 e. The summed E-state index contributed by atoms with van der Waals surface area (Å²) in [6.07, 6.45) is -1.77. The van der Waals surface area contributed by atoms with E-state index in [0.717, 1.165) is 12.1 Å². The quantitative estimate of drug-likeness (QED) is 0.853. The van der Waals surface area contributed by atoms with Crippen LogP contribution >= 0.6 is 15.9 Å². The number of para-hydroxylation sites is 1. The van der Waals surface area contributed by atoms with Crippen LogP contribution in [0, 0.1) is 0 Å². The van der Waals surface area contributed by atoms with Gasteiger partial charge in [0.2, 0.25) is 5.95 Å². The fourth-order valence-corrected chi connectivity index (χ4v) is 1.68. The van der Waals surface area contributed by atoms with E-state index in [4.69, 9.17) is 0 Å². The molecular formula is C12H8BrF3N4O. The lowest BCUT2D eigenvalue weighted by Gasteiger charge is -2.13. The third-order valence-corrected chi connectivity index (χ3v) is 2.74. The van der Waals surface area contributed by atoms with Gasteiger partial charge in [-0.05, 0) is 28.1 Å². The molecule has 0 saturated carbocycles. The molecule has 0 radical (unpaired) electrons. The molecule has 2 amide bonds. The maximum absolute atomic E-state index is 12.8. The highest BCUT2D eigenvalue weighted by atomic mass is 79.9. The molecule has 0 aliphatic heterocycles. The van der Waals surface area contributed by atoms with E-state index >= 15 is 0 Å². The van der Waals surface area contributed by atoms with E-state index in [0.29, 0.717) is 4.47 Å². The summed E-state index contributed by atoms with van der Waals surface area (Å²) in [5.41, 5.74) is -1.28. The number of carbonyl (C=O) groups is 1. The number of urea groups is 1. The van der Waals surface area contributed by atoms with Crippen LogP contribution in [0.25, 0.3) is 0 Å². The largest absolute Gasteiger partial charge is 0.418 e. The third kappa shape index (κ3) is 4.15. The number of rotatable bonds is 2. The van der Waals surface area contributed by atoms with E-state index in [-0.39, 0.29) is 11.6 Å². The second-order valence-corrected chi connectivity index (χ2v) is 4.76. The first kappa shape index (κ1) is 15.2. The Balaban J connectivity index is 2.11. The van der Waals surface area contributed by atoms with Gasteiger partial charge in [-0.2, -0.15) is 13.2 Å². The Morgan fingerprint density at radius 1 is 1.10 bits per heavy atom. The number of benzene rings is 1. The van der Waals surface area contributed by atoms with Crippen molar-refractivity contribution in [3.8, 4) is 0 Å². The van der Waals surface area contributed by atoms with Crippen LogP contribution in [-0.2, 0) is 6.18 Å². The molecule has 1 aromatic carbocycles. The van der Waals surface area contributed by atoms with E-state index < -0.39 is 17.8 Å². The lowest BCUT2D eigenvalue weighted by molar-refractivity contribution is -0.136. The van der Waals surface area contributed by atoms with Crippen molar-refractivity contribution < 1.29 is 18.0 Å². The molecule has 1 heterocycles. The van der Waals surface area contributed by atoms with Gasteiger partial charge in [0.15, 0.2) is 0 Å². The smallest absolute Gasteiger partial charge is 0.307 e. The van der Waals surface area contributed by atoms with Crippen molar-refractivity contribution in [2.24, 2.45) is 0 Å². The number of anilines is 2. The summed E-state index contributed by atoms with van der Waals surface area (Å²) in [7, 11) is 0. The molecule has 2 aromatic rings. The van der Waals surface area contributed by atoms with Crippen LogP contribution in [0.3, 0.4) is 0 Å². The lowest BCUT2D eigenvalue weighted by atomic mass is 10.1. The van der Waals surface area contributed by atoms with E-state index in [1.165, 1.54) is 24.5 Å². The lowest BCUT2D eigenvalue weighted by Crippen LogP contribution is -2.22. The summed E-state index contributed by atoms with van der Waals surface area (Å²) >= 11 is 3.12. The van der Waals surface area contributed by atoms with Crippen molar-refractivity contribution >= 4 is 33.6 Å². The molecule has 5 nitrogen and oxygen atoms in total. The van der Waals surface area contributed by atoms with Gasteiger partial charge in [-0.15, -0.1) is 0 Å². The van der Waals surface area contributed by atoms with Crippen molar-refractivity contribution in [3.05, 3.63) is 46.7 Å². The number of nitrogens with one attached hydrogen (secondary N) is 2. The van der Waals surface area contributed by atoms with Gasteiger partial charge in [0.05, 0.1) is 15.7 Å². The average molecular weight is 361 g/mol. The molecule has 0 aliphatic rings. The van der Waals surface area contributed by atoms with Crippen LogP contribution in [0.2, 0.25) is 0 Å². The first-order valence-electron chi connectivity index (χ1n) is 5.58. The highest BCUT2D eigenvalue weighted by molar-refractivity contribution is 9.10. The first-order chi connectivity index (χ1) is 9.86. The molecule has 0 bridgehead atoms. The van der Waals surface area contributed by atoms with Gasteiger partial charge in [-0.3, -0.25) is 5.32 Å². The minimum atomic E-state index is -4.56. The molecule has 0 fully saturated rings. The summed E-state index contributed by atoms with van der Waals surface area (Å²) in [6, 6.07) is 3.80. The van der Waals surface area contributed by atoms with Gasteiger partial charge < -0.3 is 5.32 Å². The number of amides is 2. The van der Waals surface area contributed by atoms with Crippen LogP contribution in [0.5, 0.6) is 0 Å². The van der Waals surface area contributed by atoms with Crippen molar-refractivity contribution in [1.29, 1.82) is 0 Å². The SMILES string of the molecule is O=C(Nc1ncc(Br)cn1)Nc1ccccc1C(F)(F)F. The molecule has 0 unspecified atom stereocenters. The van der Waals surface area contributed by atoms with Gasteiger partial charge >= 0.3 is 12.2 Å². The maximum atomic E-state index is 12.8. The summed E-state index contributed by atoms with van der Waals surface area (Å²) in [5, 5.41) is 4.35. The third-order valence-electron chi connectivity index (χ3n) is 2.33. The van der Waals surface area contributed by atoms with Crippen molar-refractivity contribution in [2.75, 3.05) is 10.6 Å². The molecule has 1 aromatic heterocycles. The van der Waals surface area contributed by atoms with E-state index in [1.54, 1.807) is 0 Å². The zero-order valence-electron chi connectivity index (χ0n) is 10.3. The zero-order chi connectivity index (χ0) is 15.5. The molecule has 0 spiro atoms. The topological polar surface area (TPSA) is 66.9 Å². The highest BCUT2D eigenvalue weighted by Crippen LogP contribution is 2.34. The number of hydrogen-bond acceptors (Lipinski definition) is 3. The van der Waals surface area contributed by atoms with Gasteiger partial charge in [-0.1, -0.05) is 12.1 Å². The monoisotopic (exact) mass is 360 g/mol. The van der Waals surface area contributed by atoms with Crippen LogP contribution in [0.1, 0.15) is 5.56 Å². The Morgan fingerprint density at radius 2 is 1.71 bits per heavy atom. The summed E-state index contributed by atoms with van der Waals surface area (Å²) in [5.74, 6) is -0.0276. The predicted octanol–water partition coefficient (Wildman–Crippen LogP) is 3.90. The molecule has 21 heavy (non-hydrogen) atoms. The van der Waals surface area contributed by atoms with E-state index in [1.807, 2.05) is 0 Å². The van der Waals surface area contributed by atoms with Gasteiger partial charge in [0.1, 0.15) is 0 Å². The molecule has 2 N–H and O–H groups in total. The standard InChI is InChI=1S/C12H8BrF3N4O/c13-7-5-17-10(18-6-7)20-11(21)19-9-4-2-1-3-8(9)12(14,15)16/h1-6H,(H2,17,18,19,20,21). The van der Waals surface area contributed by atoms with Crippen LogP contribution in [-0.4, -0.2) is 16.0 Å². The van der Waals surface area contributed by atoms with Crippen LogP contribution < -0.4 is 10.6 Å². The Hall–Kier alpha value is -2.16. The van der Waals surface area contributed by atoms with Gasteiger partial charge in [0.25, 0.3) is 0 Å². The molecule has 110 valence electrons. The Morgan fingerprint density at radius 3 is 2.33 bits per heavy atom. The number of aromatic nitrogens is 2. The van der Waals surface area contributed by atoms with Crippen molar-refractivity contribution in [1.82, 2.24) is 9.97 Å². The molecule has 9 heteroatoms. The number of nitrogens with zero attached hydrogens (tertiary/aromatic N) is 2. The summed E-state index contributed by atoms with van der Waals surface area (Å²) in [4.78, 5) is 19.2. The van der Waals surface area contributed by atoms with E-state index in [9.17, 15) is 18.0 Å². The first-order valence-corrected chi connectivity index (χ1v) is 6.37. The minimum absolute atomic E-state index is 0.0276. The maximum Gasteiger partial charge on any atom is 0.418 e. The number of alkyl halides is 3. The van der Waals surface area contributed by atoms with Crippen molar-refractivity contribution in [2.45, 2.75) is 6.18 Å². The zero-order valence-corrected chi connectivity index (χ0v) is 11.9. The molecule has 0 saturated heterocycles. The predicted molar refractivity (Wildman–Crippen MR) is 73.8 cm³/mol.